The highest BCUT2D eigenvalue weighted by atomic mass is 16.5. The lowest BCUT2D eigenvalue weighted by molar-refractivity contribution is 0.356. The zero-order valence-electron chi connectivity index (χ0n) is 15.6. The Balaban J connectivity index is 1.69. The van der Waals surface area contributed by atoms with Gasteiger partial charge < -0.3 is 19.4 Å². The number of methoxy groups -OCH3 is 2. The van der Waals surface area contributed by atoms with E-state index in [9.17, 15) is 0 Å². The number of nitrogens with zero attached hydrogens (tertiary/aromatic N) is 4. The highest BCUT2D eigenvalue weighted by Gasteiger charge is 2.25. The van der Waals surface area contributed by atoms with Crippen LogP contribution in [0.25, 0.3) is 21.9 Å². The summed E-state index contributed by atoms with van der Waals surface area (Å²) in [6.07, 6.45) is 1.60. The van der Waals surface area contributed by atoms with Crippen molar-refractivity contribution in [1.29, 1.82) is 0 Å². The van der Waals surface area contributed by atoms with Crippen LogP contribution in [0.5, 0.6) is 11.5 Å². The lowest BCUT2D eigenvalue weighted by atomic mass is 10.2. The first kappa shape index (κ1) is 16.6. The predicted octanol–water partition coefficient (Wildman–Crippen LogP) is 3.40. The number of rotatable bonds is 4. The van der Waals surface area contributed by atoms with Crippen LogP contribution in [0.4, 0.5) is 5.82 Å². The van der Waals surface area contributed by atoms with Crippen molar-refractivity contribution in [3.63, 3.8) is 0 Å². The molecule has 5 rings (SSSR count). The standard InChI is InChI=1S/C21H19N5O2/c1-27-16-10-14-15(11-17(16)28-2)25-19-18(14)23-12-24-21(19)26-9-8-22-20(26)13-6-4-3-5-7-13/h3-7,10-12,25H,8-9H2,1-2H3. The maximum Gasteiger partial charge on any atom is 0.162 e. The summed E-state index contributed by atoms with van der Waals surface area (Å²) in [6.45, 7) is 1.51. The number of anilines is 1. The van der Waals surface area contributed by atoms with Crippen LogP contribution in [0.1, 0.15) is 5.56 Å². The van der Waals surface area contributed by atoms with Crippen LogP contribution in [0.15, 0.2) is 53.8 Å². The Hall–Kier alpha value is -3.61. The summed E-state index contributed by atoms with van der Waals surface area (Å²) in [7, 11) is 3.26. The van der Waals surface area contributed by atoms with Gasteiger partial charge in [-0.1, -0.05) is 30.3 Å². The molecular formula is C21H19N5O2. The second-order valence-electron chi connectivity index (χ2n) is 6.52. The van der Waals surface area contributed by atoms with Crippen molar-refractivity contribution < 1.29 is 9.47 Å². The fourth-order valence-electron chi connectivity index (χ4n) is 3.70. The third-order valence-corrected chi connectivity index (χ3v) is 4.99. The summed E-state index contributed by atoms with van der Waals surface area (Å²) in [4.78, 5) is 19.4. The molecule has 1 aliphatic heterocycles. The van der Waals surface area contributed by atoms with Gasteiger partial charge in [-0.3, -0.25) is 4.99 Å². The number of fused-ring (bicyclic) bond motifs is 3. The Morgan fingerprint density at radius 3 is 2.57 bits per heavy atom. The van der Waals surface area contributed by atoms with Gasteiger partial charge in [0, 0.05) is 23.6 Å². The van der Waals surface area contributed by atoms with E-state index in [1.165, 1.54) is 0 Å². The van der Waals surface area contributed by atoms with Gasteiger partial charge >= 0.3 is 0 Å². The number of aliphatic imine (C=N–C) groups is 1. The molecule has 4 aromatic rings. The summed E-state index contributed by atoms with van der Waals surface area (Å²) in [5.74, 6) is 3.08. The Bertz CT molecular complexity index is 1200. The van der Waals surface area contributed by atoms with Crippen molar-refractivity contribution in [3.05, 3.63) is 54.4 Å². The molecule has 7 heteroatoms. The van der Waals surface area contributed by atoms with E-state index in [1.54, 1.807) is 20.5 Å². The molecule has 0 radical (unpaired) electrons. The van der Waals surface area contributed by atoms with Crippen LogP contribution in [0.2, 0.25) is 0 Å². The minimum absolute atomic E-state index is 0.670. The number of nitrogens with one attached hydrogen (secondary N) is 1. The Morgan fingerprint density at radius 2 is 1.79 bits per heavy atom. The van der Waals surface area contributed by atoms with Crippen LogP contribution in [0.3, 0.4) is 0 Å². The Labute approximate surface area is 161 Å². The van der Waals surface area contributed by atoms with Crippen LogP contribution >= 0.6 is 0 Å². The van der Waals surface area contributed by atoms with Crippen molar-refractivity contribution in [2.24, 2.45) is 4.99 Å². The molecular weight excluding hydrogens is 354 g/mol. The minimum Gasteiger partial charge on any atom is -0.493 e. The molecule has 0 bridgehead atoms. The van der Waals surface area contributed by atoms with Gasteiger partial charge in [-0.15, -0.1) is 0 Å². The number of hydrogen-bond donors (Lipinski definition) is 1. The van der Waals surface area contributed by atoms with Crippen molar-refractivity contribution in [1.82, 2.24) is 15.0 Å². The second-order valence-corrected chi connectivity index (χ2v) is 6.52. The average Bonchev–Trinajstić information content (AvgIpc) is 3.37. The number of aromatic amines is 1. The molecule has 0 saturated carbocycles. The van der Waals surface area contributed by atoms with E-state index < -0.39 is 0 Å². The van der Waals surface area contributed by atoms with Crippen molar-refractivity contribution in [2.75, 3.05) is 32.2 Å². The summed E-state index contributed by atoms with van der Waals surface area (Å²) < 4.78 is 10.9. The van der Waals surface area contributed by atoms with Gasteiger partial charge in [-0.05, 0) is 6.07 Å². The fraction of sp³-hybridized carbons (Fsp3) is 0.190. The smallest absolute Gasteiger partial charge is 0.162 e. The predicted molar refractivity (Wildman–Crippen MR) is 110 cm³/mol. The van der Waals surface area contributed by atoms with E-state index in [2.05, 4.69) is 32.0 Å². The number of H-pyrrole nitrogens is 1. The SMILES string of the molecule is COc1cc2[nH]c3c(N4CCN=C4c4ccccc4)ncnc3c2cc1OC. The number of benzene rings is 2. The van der Waals surface area contributed by atoms with Gasteiger partial charge in [0.05, 0.1) is 26.3 Å². The maximum absolute atomic E-state index is 5.46. The molecule has 0 amide bonds. The van der Waals surface area contributed by atoms with E-state index in [4.69, 9.17) is 14.5 Å². The molecule has 3 heterocycles. The number of hydrogen-bond acceptors (Lipinski definition) is 6. The number of ether oxygens (including phenoxy) is 2. The zero-order valence-corrected chi connectivity index (χ0v) is 15.6. The molecule has 0 unspecified atom stereocenters. The van der Waals surface area contributed by atoms with Crippen molar-refractivity contribution in [3.8, 4) is 11.5 Å². The van der Waals surface area contributed by atoms with Crippen LogP contribution in [-0.4, -0.2) is 48.1 Å². The van der Waals surface area contributed by atoms with Gasteiger partial charge in [-0.25, -0.2) is 9.97 Å². The van der Waals surface area contributed by atoms with Gasteiger partial charge in [0.25, 0.3) is 0 Å². The molecule has 1 aliphatic rings. The third kappa shape index (κ3) is 2.47. The maximum atomic E-state index is 5.46. The topological polar surface area (TPSA) is 75.6 Å². The molecule has 0 atom stereocenters. The van der Waals surface area contributed by atoms with Gasteiger partial charge in [-0.2, -0.15) is 0 Å². The first-order valence-corrected chi connectivity index (χ1v) is 9.06. The molecule has 2 aromatic heterocycles. The molecule has 28 heavy (non-hydrogen) atoms. The fourth-order valence-corrected chi connectivity index (χ4v) is 3.70. The Morgan fingerprint density at radius 1 is 1.00 bits per heavy atom. The molecule has 140 valence electrons. The van der Waals surface area contributed by atoms with E-state index >= 15 is 0 Å². The van der Waals surface area contributed by atoms with Gasteiger partial charge in [0.1, 0.15) is 23.2 Å². The average molecular weight is 373 g/mol. The van der Waals surface area contributed by atoms with Crippen LogP contribution in [0, 0.1) is 0 Å². The summed E-state index contributed by atoms with van der Waals surface area (Å²) >= 11 is 0. The quantitative estimate of drug-likeness (QED) is 0.593. The molecule has 0 fully saturated rings. The van der Waals surface area contributed by atoms with Gasteiger partial charge in [0.2, 0.25) is 0 Å². The highest BCUT2D eigenvalue weighted by molar-refractivity contribution is 6.16. The Kier molecular flexibility index (Phi) is 3.86. The first-order chi connectivity index (χ1) is 13.8. The summed E-state index contributed by atoms with van der Waals surface area (Å²) in [6, 6.07) is 14.0. The number of amidine groups is 1. The lowest BCUT2D eigenvalue weighted by Crippen LogP contribution is -2.29. The number of aromatic nitrogens is 3. The molecule has 0 aliphatic carbocycles. The van der Waals surface area contributed by atoms with E-state index in [-0.39, 0.29) is 0 Å². The monoisotopic (exact) mass is 373 g/mol. The minimum atomic E-state index is 0.670. The normalized spacial score (nSPS) is 13.9. The lowest BCUT2D eigenvalue weighted by Gasteiger charge is -2.19. The van der Waals surface area contributed by atoms with Crippen molar-refractivity contribution in [2.45, 2.75) is 0 Å². The van der Waals surface area contributed by atoms with Crippen molar-refractivity contribution >= 4 is 33.6 Å². The van der Waals surface area contributed by atoms with Crippen LogP contribution in [-0.2, 0) is 0 Å². The largest absolute Gasteiger partial charge is 0.493 e. The molecule has 0 saturated heterocycles. The second kappa shape index (κ2) is 6.53. The van der Waals surface area contributed by atoms with Crippen LogP contribution < -0.4 is 14.4 Å². The van der Waals surface area contributed by atoms with E-state index in [1.807, 2.05) is 30.3 Å². The summed E-state index contributed by atoms with van der Waals surface area (Å²) in [5.41, 5.74) is 3.72. The molecule has 1 N–H and O–H groups in total. The molecule has 7 nitrogen and oxygen atoms in total. The van der Waals surface area contributed by atoms with Gasteiger partial charge in [0.15, 0.2) is 17.3 Å². The highest BCUT2D eigenvalue weighted by Crippen LogP contribution is 2.37. The summed E-state index contributed by atoms with van der Waals surface area (Å²) in [5, 5.41) is 0.966. The van der Waals surface area contributed by atoms with E-state index in [0.29, 0.717) is 11.5 Å². The van der Waals surface area contributed by atoms with E-state index in [0.717, 1.165) is 52.2 Å². The first-order valence-electron chi connectivity index (χ1n) is 9.06. The molecule has 0 spiro atoms. The molecule has 2 aromatic carbocycles. The zero-order chi connectivity index (χ0) is 19.1. The third-order valence-electron chi connectivity index (χ3n) is 4.99.